The molecule has 0 aliphatic rings. The monoisotopic (exact) mass is 364 g/mol. The third kappa shape index (κ3) is 7.20. The maximum atomic E-state index is 12.0. The largest absolute Gasteiger partial charge is 0.459 e. The lowest BCUT2D eigenvalue weighted by atomic mass is 10.1. The predicted octanol–water partition coefficient (Wildman–Crippen LogP) is 2.20. The van der Waals surface area contributed by atoms with E-state index in [-0.39, 0.29) is 24.3 Å². The number of ether oxygens (including phenoxy) is 1. The van der Waals surface area contributed by atoms with E-state index in [0.717, 1.165) is 0 Å². The molecule has 0 fully saturated rings. The minimum absolute atomic E-state index is 0.102. The standard InChI is InChI=1S/C13H18O8P2/c1-18-23(17)21-11(9-20-22(2)16)8-19-13(15)12-6-4-3-5-10(12)7-14/h3-7,11,22-23H,8-9H2,1-2H3. The molecule has 8 nitrogen and oxygen atoms in total. The molecule has 128 valence electrons. The molecule has 0 aromatic heterocycles. The molecule has 1 aromatic rings. The Morgan fingerprint density at radius 3 is 2.57 bits per heavy atom. The molecule has 0 aliphatic heterocycles. The van der Waals surface area contributed by atoms with Gasteiger partial charge >= 0.3 is 14.2 Å². The number of carbonyl (C=O) groups excluding carboxylic acids is 2. The average Bonchev–Trinajstić information content (AvgIpc) is 2.56. The van der Waals surface area contributed by atoms with Crippen LogP contribution in [0.2, 0.25) is 0 Å². The molecule has 1 rings (SSSR count). The summed E-state index contributed by atoms with van der Waals surface area (Å²) in [5.74, 6) is -0.734. The first-order chi connectivity index (χ1) is 11.0. The van der Waals surface area contributed by atoms with Crippen molar-refractivity contribution in [3.63, 3.8) is 0 Å². The second-order valence-electron chi connectivity index (χ2n) is 4.30. The molecule has 0 aliphatic carbocycles. The fourth-order valence-corrected chi connectivity index (χ4v) is 2.47. The molecular formula is C13H18O8P2. The Kier molecular flexibility index (Phi) is 8.99. The number of esters is 1. The molecule has 23 heavy (non-hydrogen) atoms. The van der Waals surface area contributed by atoms with E-state index < -0.39 is 28.4 Å². The Bertz CT molecular complexity index is 589. The zero-order chi connectivity index (χ0) is 17.2. The van der Waals surface area contributed by atoms with Crippen LogP contribution in [0.15, 0.2) is 24.3 Å². The summed E-state index contributed by atoms with van der Waals surface area (Å²) in [6, 6.07) is 6.13. The lowest BCUT2D eigenvalue weighted by Gasteiger charge is -2.16. The summed E-state index contributed by atoms with van der Waals surface area (Å²) in [5, 5.41) is 0. The average molecular weight is 364 g/mol. The molecule has 0 amide bonds. The fraction of sp³-hybridized carbons (Fsp3) is 0.385. The van der Waals surface area contributed by atoms with E-state index >= 15 is 0 Å². The Morgan fingerprint density at radius 1 is 1.26 bits per heavy atom. The van der Waals surface area contributed by atoms with E-state index in [1.807, 2.05) is 0 Å². The minimum atomic E-state index is -2.77. The van der Waals surface area contributed by atoms with E-state index in [4.69, 9.17) is 13.8 Å². The van der Waals surface area contributed by atoms with Crippen LogP contribution in [0, 0.1) is 0 Å². The van der Waals surface area contributed by atoms with Gasteiger partial charge in [-0.3, -0.25) is 13.9 Å². The molecule has 0 N–H and O–H groups in total. The van der Waals surface area contributed by atoms with Crippen molar-refractivity contribution in [1.82, 2.24) is 0 Å². The summed E-state index contributed by atoms with van der Waals surface area (Å²) in [7, 11) is -3.78. The van der Waals surface area contributed by atoms with Gasteiger partial charge < -0.3 is 18.3 Å². The lowest BCUT2D eigenvalue weighted by molar-refractivity contribution is 0.0201. The number of rotatable bonds is 10. The molecular weight excluding hydrogens is 346 g/mol. The fourth-order valence-electron chi connectivity index (χ4n) is 1.54. The third-order valence-electron chi connectivity index (χ3n) is 2.61. The number of hydrogen-bond donors (Lipinski definition) is 0. The highest BCUT2D eigenvalue weighted by atomic mass is 31.1. The van der Waals surface area contributed by atoms with Gasteiger partial charge in [0.2, 0.25) is 0 Å². The quantitative estimate of drug-likeness (QED) is 0.353. The number of carbonyl (C=O) groups is 2. The zero-order valence-corrected chi connectivity index (χ0v) is 14.6. The SMILES string of the molecule is CO[PH](=O)OC(COC(=O)c1ccccc1C=O)CO[PH](C)=O. The summed E-state index contributed by atoms with van der Waals surface area (Å²) in [5.41, 5.74) is 0.293. The van der Waals surface area contributed by atoms with E-state index in [1.165, 1.54) is 25.9 Å². The Hall–Kier alpha value is -1.30. The molecule has 0 spiro atoms. The van der Waals surface area contributed by atoms with Crippen molar-refractivity contribution in [3.8, 4) is 0 Å². The zero-order valence-electron chi connectivity index (χ0n) is 12.6. The normalized spacial score (nSPS) is 14.7. The minimum Gasteiger partial charge on any atom is -0.459 e. The van der Waals surface area contributed by atoms with Crippen molar-refractivity contribution in [1.29, 1.82) is 0 Å². The van der Waals surface area contributed by atoms with Gasteiger partial charge in [0.05, 0.1) is 12.2 Å². The molecule has 0 heterocycles. The predicted molar refractivity (Wildman–Crippen MR) is 83.9 cm³/mol. The van der Waals surface area contributed by atoms with Crippen molar-refractivity contribution < 1.29 is 37.0 Å². The summed E-state index contributed by atoms with van der Waals surface area (Å²) >= 11 is 0. The Labute approximate surface area is 134 Å². The summed E-state index contributed by atoms with van der Waals surface area (Å²) in [6.45, 7) is 0.922. The van der Waals surface area contributed by atoms with Crippen LogP contribution in [0.5, 0.6) is 0 Å². The van der Waals surface area contributed by atoms with Gasteiger partial charge in [-0.25, -0.2) is 4.79 Å². The van der Waals surface area contributed by atoms with Crippen molar-refractivity contribution in [2.75, 3.05) is 27.0 Å². The van der Waals surface area contributed by atoms with Gasteiger partial charge in [-0.1, -0.05) is 18.2 Å². The Morgan fingerprint density at radius 2 is 1.96 bits per heavy atom. The second kappa shape index (κ2) is 10.5. The van der Waals surface area contributed by atoms with Crippen molar-refractivity contribution >= 4 is 28.5 Å². The van der Waals surface area contributed by atoms with Gasteiger partial charge in [0.15, 0.2) is 14.3 Å². The first-order valence-electron chi connectivity index (χ1n) is 6.57. The molecule has 1 aromatic carbocycles. The van der Waals surface area contributed by atoms with Crippen LogP contribution < -0.4 is 0 Å². The van der Waals surface area contributed by atoms with E-state index in [0.29, 0.717) is 6.29 Å². The molecule has 0 saturated heterocycles. The van der Waals surface area contributed by atoms with Crippen molar-refractivity contribution in [2.24, 2.45) is 0 Å². The highest BCUT2D eigenvalue weighted by Crippen LogP contribution is 2.26. The van der Waals surface area contributed by atoms with Crippen LogP contribution >= 0.6 is 16.3 Å². The first-order valence-corrected chi connectivity index (χ1v) is 9.61. The first kappa shape index (κ1) is 19.7. The maximum absolute atomic E-state index is 12.0. The Balaban J connectivity index is 2.68. The van der Waals surface area contributed by atoms with E-state index in [9.17, 15) is 18.7 Å². The van der Waals surface area contributed by atoms with Crippen LogP contribution in [0.1, 0.15) is 20.7 Å². The smallest absolute Gasteiger partial charge is 0.338 e. The van der Waals surface area contributed by atoms with Crippen LogP contribution in [0.4, 0.5) is 0 Å². The molecule has 3 unspecified atom stereocenters. The number of benzene rings is 1. The van der Waals surface area contributed by atoms with Gasteiger partial charge in [-0.2, -0.15) is 0 Å². The lowest BCUT2D eigenvalue weighted by Crippen LogP contribution is -2.25. The van der Waals surface area contributed by atoms with Crippen LogP contribution in [0.3, 0.4) is 0 Å². The topological polar surface area (TPSA) is 105 Å². The van der Waals surface area contributed by atoms with Crippen molar-refractivity contribution in [3.05, 3.63) is 35.4 Å². The molecule has 10 heteroatoms. The van der Waals surface area contributed by atoms with Crippen molar-refractivity contribution in [2.45, 2.75) is 6.10 Å². The number of aldehydes is 1. The van der Waals surface area contributed by atoms with Gasteiger partial charge in [0, 0.05) is 19.3 Å². The maximum Gasteiger partial charge on any atom is 0.338 e. The van der Waals surface area contributed by atoms with Gasteiger partial charge in [-0.15, -0.1) is 0 Å². The highest BCUT2D eigenvalue weighted by Gasteiger charge is 2.19. The summed E-state index contributed by atoms with van der Waals surface area (Å²) in [4.78, 5) is 22.9. The van der Waals surface area contributed by atoms with Gasteiger partial charge in [0.25, 0.3) is 0 Å². The third-order valence-corrected chi connectivity index (χ3v) is 4.04. The van der Waals surface area contributed by atoms with Gasteiger partial charge in [-0.05, 0) is 6.07 Å². The van der Waals surface area contributed by atoms with E-state index in [2.05, 4.69) is 4.52 Å². The molecule has 0 saturated carbocycles. The van der Waals surface area contributed by atoms with Gasteiger partial charge in [0.1, 0.15) is 12.7 Å². The second-order valence-corrected chi connectivity index (χ2v) is 6.72. The van der Waals surface area contributed by atoms with Crippen LogP contribution in [-0.2, 0) is 27.4 Å². The highest BCUT2D eigenvalue weighted by molar-refractivity contribution is 7.38. The summed E-state index contributed by atoms with van der Waals surface area (Å²) in [6.07, 6.45) is -0.358. The number of hydrogen-bond acceptors (Lipinski definition) is 8. The molecule has 0 bridgehead atoms. The summed E-state index contributed by atoms with van der Waals surface area (Å²) < 4.78 is 41.8. The van der Waals surface area contributed by atoms with Crippen LogP contribution in [0.25, 0.3) is 0 Å². The van der Waals surface area contributed by atoms with E-state index in [1.54, 1.807) is 12.1 Å². The molecule has 0 radical (unpaired) electrons. The molecule has 3 atom stereocenters. The van der Waals surface area contributed by atoms with Crippen LogP contribution in [-0.4, -0.2) is 45.3 Å².